The van der Waals surface area contributed by atoms with E-state index in [1.165, 1.54) is 48.5 Å². The molecule has 0 saturated carbocycles. The van der Waals surface area contributed by atoms with Gasteiger partial charge in [0.15, 0.2) is 0 Å². The summed E-state index contributed by atoms with van der Waals surface area (Å²) in [5.41, 5.74) is 6.46. The van der Waals surface area contributed by atoms with Crippen LogP contribution in [0.1, 0.15) is 16.2 Å². The Morgan fingerprint density at radius 1 is 1.00 bits per heavy atom. The zero-order valence-corrected chi connectivity index (χ0v) is 15.2. The number of nitrogen functional groups attached to an aromatic ring is 1. The van der Waals surface area contributed by atoms with Crippen molar-refractivity contribution in [3.05, 3.63) is 83.9 Å². The van der Waals surface area contributed by atoms with Crippen molar-refractivity contribution in [2.75, 3.05) is 11.1 Å². The number of nitrogens with one attached hydrogen (secondary N) is 1. The lowest BCUT2D eigenvalue weighted by Gasteiger charge is -2.12. The number of imidazole rings is 1. The number of benzene rings is 3. The molecule has 0 aliphatic heterocycles. The monoisotopic (exact) mass is 414 g/mol. The van der Waals surface area contributed by atoms with E-state index in [4.69, 9.17) is 5.73 Å². The Balaban J connectivity index is 1.67. The van der Waals surface area contributed by atoms with E-state index in [-0.39, 0.29) is 28.1 Å². The highest BCUT2D eigenvalue weighted by Gasteiger charge is 2.38. The smallest absolute Gasteiger partial charge is 0.399 e. The fourth-order valence-electron chi connectivity index (χ4n) is 3.09. The van der Waals surface area contributed by atoms with Gasteiger partial charge in [-0.05, 0) is 54.6 Å². The summed E-state index contributed by atoms with van der Waals surface area (Å²) < 4.78 is 55.4. The molecule has 0 unspecified atom stereocenters. The number of hydrogen-bond donors (Lipinski definition) is 2. The zero-order valence-electron chi connectivity index (χ0n) is 15.2. The molecule has 0 atom stereocenters. The van der Waals surface area contributed by atoms with Crippen LogP contribution in [0.25, 0.3) is 16.7 Å². The topological polar surface area (TPSA) is 72.9 Å². The van der Waals surface area contributed by atoms with E-state index in [2.05, 4.69) is 10.3 Å². The van der Waals surface area contributed by atoms with Gasteiger partial charge in [0.1, 0.15) is 5.82 Å². The van der Waals surface area contributed by atoms with Crippen LogP contribution in [0, 0.1) is 5.82 Å². The normalized spacial score (nSPS) is 11.6. The number of para-hydroxylation sites is 2. The standard InChI is InChI=1S/C21H14F4N4O/c22-16-11-12(26)5-10-15(16)19(30)27-13-6-8-14(9-7-13)29-18-4-2-1-3-17(18)28-20(29)21(23,24)25/h1-11H,26H2,(H,27,30). The van der Waals surface area contributed by atoms with Gasteiger partial charge >= 0.3 is 6.18 Å². The number of nitrogens with zero attached hydrogens (tertiary/aromatic N) is 2. The second-order valence-corrected chi connectivity index (χ2v) is 6.50. The largest absolute Gasteiger partial charge is 0.450 e. The van der Waals surface area contributed by atoms with E-state index in [9.17, 15) is 22.4 Å². The Bertz CT molecular complexity index is 1250. The molecular weight excluding hydrogens is 400 g/mol. The van der Waals surface area contributed by atoms with Gasteiger partial charge in [-0.2, -0.15) is 13.2 Å². The lowest BCUT2D eigenvalue weighted by molar-refractivity contribution is -0.145. The molecule has 0 saturated heterocycles. The number of hydrogen-bond acceptors (Lipinski definition) is 3. The van der Waals surface area contributed by atoms with E-state index in [1.54, 1.807) is 12.1 Å². The van der Waals surface area contributed by atoms with Gasteiger partial charge in [0.05, 0.1) is 16.6 Å². The summed E-state index contributed by atoms with van der Waals surface area (Å²) in [5, 5.41) is 2.51. The summed E-state index contributed by atoms with van der Waals surface area (Å²) >= 11 is 0. The van der Waals surface area contributed by atoms with E-state index in [0.29, 0.717) is 5.52 Å². The van der Waals surface area contributed by atoms with Crippen molar-refractivity contribution >= 4 is 28.3 Å². The van der Waals surface area contributed by atoms with Crippen molar-refractivity contribution < 1.29 is 22.4 Å². The van der Waals surface area contributed by atoms with Crippen LogP contribution >= 0.6 is 0 Å². The summed E-state index contributed by atoms with van der Waals surface area (Å²) in [7, 11) is 0. The minimum atomic E-state index is -4.65. The second-order valence-electron chi connectivity index (χ2n) is 6.50. The lowest BCUT2D eigenvalue weighted by atomic mass is 10.1. The molecule has 30 heavy (non-hydrogen) atoms. The van der Waals surface area contributed by atoms with Gasteiger partial charge in [-0.3, -0.25) is 9.36 Å². The highest BCUT2D eigenvalue weighted by molar-refractivity contribution is 6.04. The van der Waals surface area contributed by atoms with Gasteiger partial charge in [-0.1, -0.05) is 12.1 Å². The quantitative estimate of drug-likeness (QED) is 0.365. The van der Waals surface area contributed by atoms with Crippen LogP contribution in [0.4, 0.5) is 28.9 Å². The van der Waals surface area contributed by atoms with E-state index >= 15 is 0 Å². The molecule has 0 aliphatic rings. The molecule has 5 nitrogen and oxygen atoms in total. The summed E-state index contributed by atoms with van der Waals surface area (Å²) in [6.07, 6.45) is -4.65. The third-order valence-electron chi connectivity index (χ3n) is 4.44. The average Bonchev–Trinajstić information content (AvgIpc) is 3.08. The zero-order chi connectivity index (χ0) is 21.5. The van der Waals surface area contributed by atoms with Crippen LogP contribution in [0.2, 0.25) is 0 Å². The minimum Gasteiger partial charge on any atom is -0.399 e. The summed E-state index contributed by atoms with van der Waals surface area (Å²) in [6.45, 7) is 0. The van der Waals surface area contributed by atoms with E-state index in [1.807, 2.05) is 0 Å². The molecule has 4 aromatic rings. The number of halogens is 4. The molecule has 3 N–H and O–H groups in total. The van der Waals surface area contributed by atoms with Gasteiger partial charge < -0.3 is 11.1 Å². The first-order valence-electron chi connectivity index (χ1n) is 8.75. The fraction of sp³-hybridized carbons (Fsp3) is 0.0476. The first kappa shape index (κ1) is 19.4. The van der Waals surface area contributed by atoms with Crippen molar-refractivity contribution in [1.29, 1.82) is 0 Å². The van der Waals surface area contributed by atoms with Crippen molar-refractivity contribution in [3.8, 4) is 5.69 Å². The summed E-state index contributed by atoms with van der Waals surface area (Å²) in [4.78, 5) is 16.0. The Kier molecular flexibility index (Phi) is 4.65. The van der Waals surface area contributed by atoms with E-state index < -0.39 is 23.7 Å². The van der Waals surface area contributed by atoms with Crippen LogP contribution in [0.5, 0.6) is 0 Å². The number of nitrogens with two attached hydrogens (primary N) is 1. The van der Waals surface area contributed by atoms with Gasteiger partial charge in [0.2, 0.25) is 5.82 Å². The molecule has 0 spiro atoms. The second kappa shape index (κ2) is 7.18. The number of aromatic nitrogens is 2. The molecule has 3 aromatic carbocycles. The maximum absolute atomic E-state index is 13.9. The molecule has 0 radical (unpaired) electrons. The SMILES string of the molecule is Nc1ccc(C(=O)Nc2ccc(-n3c(C(F)(F)F)nc4ccccc43)cc2)c(F)c1. The Morgan fingerprint density at radius 2 is 1.70 bits per heavy atom. The van der Waals surface area contributed by atoms with Crippen molar-refractivity contribution in [2.45, 2.75) is 6.18 Å². The predicted molar refractivity (Wildman–Crippen MR) is 105 cm³/mol. The molecule has 1 amide bonds. The molecule has 1 heterocycles. The van der Waals surface area contributed by atoms with Crippen molar-refractivity contribution in [1.82, 2.24) is 9.55 Å². The molecule has 0 fully saturated rings. The average molecular weight is 414 g/mol. The van der Waals surface area contributed by atoms with Crippen LogP contribution in [-0.2, 0) is 6.18 Å². The molecule has 0 bridgehead atoms. The lowest BCUT2D eigenvalue weighted by Crippen LogP contribution is -2.15. The number of carbonyl (C=O) groups excluding carboxylic acids is 1. The Morgan fingerprint density at radius 3 is 2.37 bits per heavy atom. The minimum absolute atomic E-state index is 0.182. The number of anilines is 2. The number of carbonyl (C=O) groups is 1. The molecule has 1 aromatic heterocycles. The van der Waals surface area contributed by atoms with Gasteiger partial charge in [-0.25, -0.2) is 9.37 Å². The maximum Gasteiger partial charge on any atom is 0.450 e. The molecule has 152 valence electrons. The predicted octanol–water partition coefficient (Wildman–Crippen LogP) is 5.02. The molecular formula is C21H14F4N4O. The first-order valence-corrected chi connectivity index (χ1v) is 8.75. The summed E-state index contributed by atoms with van der Waals surface area (Å²) in [5.74, 6) is -2.53. The third-order valence-corrected chi connectivity index (χ3v) is 4.44. The van der Waals surface area contributed by atoms with Crippen LogP contribution < -0.4 is 11.1 Å². The molecule has 0 aliphatic carbocycles. The van der Waals surface area contributed by atoms with E-state index in [0.717, 1.165) is 10.6 Å². The summed E-state index contributed by atoms with van der Waals surface area (Å²) in [6, 6.07) is 15.6. The molecule has 4 rings (SSSR count). The number of amides is 1. The highest BCUT2D eigenvalue weighted by atomic mass is 19.4. The van der Waals surface area contributed by atoms with Gasteiger partial charge in [-0.15, -0.1) is 0 Å². The van der Waals surface area contributed by atoms with Gasteiger partial charge in [0, 0.05) is 17.1 Å². The third kappa shape index (κ3) is 3.57. The Labute approximate surface area is 167 Å². The first-order chi connectivity index (χ1) is 14.2. The van der Waals surface area contributed by atoms with Crippen LogP contribution in [0.3, 0.4) is 0 Å². The maximum atomic E-state index is 13.9. The van der Waals surface area contributed by atoms with Gasteiger partial charge in [0.25, 0.3) is 5.91 Å². The highest BCUT2D eigenvalue weighted by Crippen LogP contribution is 2.34. The molecule has 9 heteroatoms. The fourth-order valence-corrected chi connectivity index (χ4v) is 3.09. The Hall–Kier alpha value is -3.88. The van der Waals surface area contributed by atoms with Crippen LogP contribution in [-0.4, -0.2) is 15.5 Å². The number of alkyl halides is 3. The van der Waals surface area contributed by atoms with Crippen molar-refractivity contribution in [2.24, 2.45) is 0 Å². The van der Waals surface area contributed by atoms with Crippen molar-refractivity contribution in [3.63, 3.8) is 0 Å². The van der Waals surface area contributed by atoms with Crippen LogP contribution in [0.15, 0.2) is 66.7 Å². The number of rotatable bonds is 3. The number of fused-ring (bicyclic) bond motifs is 1.